The van der Waals surface area contributed by atoms with E-state index in [1.807, 2.05) is 27.7 Å². The number of aromatic nitrogens is 3. The van der Waals surface area contributed by atoms with Crippen LogP contribution in [0.5, 0.6) is 0 Å². The van der Waals surface area contributed by atoms with E-state index in [0.717, 1.165) is 5.82 Å². The molecule has 0 saturated carbocycles. The fraction of sp³-hybridized carbons (Fsp3) is 0.750. The summed E-state index contributed by atoms with van der Waals surface area (Å²) in [6.07, 6.45) is 0. The Kier molecular flexibility index (Phi) is 4.45. The lowest BCUT2D eigenvalue weighted by atomic mass is 9.93. The third-order valence-corrected chi connectivity index (χ3v) is 2.81. The van der Waals surface area contributed by atoms with Gasteiger partial charge in [0.2, 0.25) is 5.82 Å². The molecule has 0 aliphatic rings. The highest BCUT2D eigenvalue weighted by molar-refractivity contribution is 5.90. The maximum atomic E-state index is 12.1. The summed E-state index contributed by atoms with van der Waals surface area (Å²) >= 11 is 0. The van der Waals surface area contributed by atoms with Gasteiger partial charge < -0.3 is 10.6 Å². The van der Waals surface area contributed by atoms with Crippen LogP contribution in [0.25, 0.3) is 0 Å². The third-order valence-electron chi connectivity index (χ3n) is 2.81. The van der Waals surface area contributed by atoms with Crippen LogP contribution in [-0.2, 0) is 0 Å². The van der Waals surface area contributed by atoms with E-state index in [2.05, 4.69) is 15.2 Å². The van der Waals surface area contributed by atoms with E-state index in [-0.39, 0.29) is 23.1 Å². The number of hydrogen-bond donors (Lipinski definition) is 2. The van der Waals surface area contributed by atoms with Crippen LogP contribution >= 0.6 is 0 Å². The number of rotatable bonds is 5. The van der Waals surface area contributed by atoms with Crippen LogP contribution < -0.4 is 5.73 Å². The number of aromatic amines is 1. The van der Waals surface area contributed by atoms with E-state index in [4.69, 9.17) is 5.73 Å². The van der Waals surface area contributed by atoms with Gasteiger partial charge in [-0.15, -0.1) is 5.10 Å². The zero-order valence-corrected chi connectivity index (χ0v) is 11.8. The van der Waals surface area contributed by atoms with Crippen molar-refractivity contribution < 1.29 is 4.79 Å². The normalized spacial score (nSPS) is 11.9. The Morgan fingerprint density at radius 2 is 2.11 bits per heavy atom. The number of nitrogens with one attached hydrogen (secondary N) is 1. The van der Waals surface area contributed by atoms with Crippen LogP contribution in [0.15, 0.2) is 0 Å². The molecule has 1 rings (SSSR count). The molecule has 3 N–H and O–H groups in total. The number of nitrogens with zero attached hydrogens (tertiary/aromatic N) is 3. The van der Waals surface area contributed by atoms with Crippen molar-refractivity contribution in [3.8, 4) is 0 Å². The summed E-state index contributed by atoms with van der Waals surface area (Å²) in [5, 5.41) is 6.74. The van der Waals surface area contributed by atoms with Crippen molar-refractivity contribution in [1.82, 2.24) is 20.1 Å². The molecule has 0 aliphatic heterocycles. The molecule has 102 valence electrons. The van der Waals surface area contributed by atoms with Crippen molar-refractivity contribution in [2.24, 2.45) is 11.1 Å². The Morgan fingerprint density at radius 3 is 2.56 bits per heavy atom. The van der Waals surface area contributed by atoms with E-state index in [1.54, 1.807) is 11.9 Å². The molecule has 18 heavy (non-hydrogen) atoms. The predicted octanol–water partition coefficient (Wildman–Crippen LogP) is 0.985. The van der Waals surface area contributed by atoms with Gasteiger partial charge in [-0.1, -0.05) is 27.7 Å². The highest BCUT2D eigenvalue weighted by Gasteiger charge is 2.24. The second kappa shape index (κ2) is 5.48. The molecule has 1 heterocycles. The van der Waals surface area contributed by atoms with E-state index < -0.39 is 0 Å². The van der Waals surface area contributed by atoms with Crippen molar-refractivity contribution in [2.75, 3.05) is 20.1 Å². The fourth-order valence-electron chi connectivity index (χ4n) is 1.58. The molecule has 6 heteroatoms. The third kappa shape index (κ3) is 3.53. The number of carbonyl (C=O) groups is 1. The van der Waals surface area contributed by atoms with Crippen LogP contribution in [-0.4, -0.2) is 46.1 Å². The Hall–Kier alpha value is -1.43. The van der Waals surface area contributed by atoms with Gasteiger partial charge in [-0.2, -0.15) is 0 Å². The molecule has 0 saturated heterocycles. The maximum Gasteiger partial charge on any atom is 0.293 e. The van der Waals surface area contributed by atoms with Crippen LogP contribution in [0.1, 0.15) is 50.1 Å². The minimum Gasteiger partial charge on any atom is -0.338 e. The Balaban J connectivity index is 2.74. The van der Waals surface area contributed by atoms with Gasteiger partial charge in [0.15, 0.2) is 0 Å². The molecule has 0 atom stereocenters. The molecule has 1 amide bonds. The Labute approximate surface area is 108 Å². The van der Waals surface area contributed by atoms with Crippen LogP contribution in [0.2, 0.25) is 0 Å². The fourth-order valence-corrected chi connectivity index (χ4v) is 1.58. The van der Waals surface area contributed by atoms with Crippen LogP contribution in [0.4, 0.5) is 0 Å². The summed E-state index contributed by atoms with van der Waals surface area (Å²) in [5.41, 5.74) is 5.55. The molecular formula is C12H23N5O. The second-order valence-corrected chi connectivity index (χ2v) is 5.73. The van der Waals surface area contributed by atoms with E-state index in [9.17, 15) is 4.79 Å². The Bertz CT molecular complexity index is 410. The lowest BCUT2D eigenvalue weighted by Gasteiger charge is -2.28. The summed E-state index contributed by atoms with van der Waals surface area (Å²) in [7, 11) is 1.74. The van der Waals surface area contributed by atoms with Gasteiger partial charge in [0.1, 0.15) is 5.82 Å². The monoisotopic (exact) mass is 253 g/mol. The van der Waals surface area contributed by atoms with Gasteiger partial charge in [-0.3, -0.25) is 9.89 Å². The summed E-state index contributed by atoms with van der Waals surface area (Å²) in [6.45, 7) is 9.14. The zero-order chi connectivity index (χ0) is 13.9. The van der Waals surface area contributed by atoms with Gasteiger partial charge in [0, 0.05) is 19.5 Å². The Morgan fingerprint density at radius 1 is 1.50 bits per heavy atom. The molecule has 0 aromatic carbocycles. The van der Waals surface area contributed by atoms with Crippen LogP contribution in [0, 0.1) is 5.41 Å². The molecule has 0 fully saturated rings. The average Bonchev–Trinajstić information content (AvgIpc) is 2.76. The topological polar surface area (TPSA) is 87.9 Å². The predicted molar refractivity (Wildman–Crippen MR) is 70.3 cm³/mol. The summed E-state index contributed by atoms with van der Waals surface area (Å²) in [4.78, 5) is 17.9. The van der Waals surface area contributed by atoms with Gasteiger partial charge >= 0.3 is 0 Å². The number of H-pyrrole nitrogens is 1. The molecule has 6 nitrogen and oxygen atoms in total. The van der Waals surface area contributed by atoms with Crippen molar-refractivity contribution in [3.63, 3.8) is 0 Å². The molecule has 0 radical (unpaired) electrons. The molecule has 0 bridgehead atoms. The SMILES string of the molecule is CC(C)c1nc(C(=O)N(C)CC(C)(C)CN)n[nH]1. The molecule has 0 unspecified atom stereocenters. The van der Waals surface area contributed by atoms with Gasteiger partial charge in [0.25, 0.3) is 5.91 Å². The van der Waals surface area contributed by atoms with Crippen molar-refractivity contribution in [2.45, 2.75) is 33.6 Å². The summed E-state index contributed by atoms with van der Waals surface area (Å²) in [6, 6.07) is 0. The van der Waals surface area contributed by atoms with Crippen LogP contribution in [0.3, 0.4) is 0 Å². The minimum absolute atomic E-state index is 0.110. The van der Waals surface area contributed by atoms with Crippen molar-refractivity contribution in [1.29, 1.82) is 0 Å². The number of carbonyl (C=O) groups excluding carboxylic acids is 1. The average molecular weight is 253 g/mol. The minimum atomic E-state index is -0.181. The zero-order valence-electron chi connectivity index (χ0n) is 11.8. The maximum absolute atomic E-state index is 12.1. The largest absolute Gasteiger partial charge is 0.338 e. The first-order valence-corrected chi connectivity index (χ1v) is 6.14. The molecule has 0 aliphatic carbocycles. The summed E-state index contributed by atoms with van der Waals surface area (Å²) < 4.78 is 0. The number of nitrogens with two attached hydrogens (primary N) is 1. The number of hydrogen-bond acceptors (Lipinski definition) is 4. The lowest BCUT2D eigenvalue weighted by Crippen LogP contribution is -2.40. The first-order chi connectivity index (χ1) is 8.26. The standard InChI is InChI=1S/C12H23N5O/c1-8(2)9-14-10(16-15-9)11(18)17(5)7-12(3,4)6-13/h8H,6-7,13H2,1-5H3,(H,14,15,16). The highest BCUT2D eigenvalue weighted by atomic mass is 16.2. The van der Waals surface area contributed by atoms with Gasteiger partial charge in [-0.25, -0.2) is 4.98 Å². The first kappa shape index (κ1) is 14.6. The van der Waals surface area contributed by atoms with Crippen molar-refractivity contribution >= 4 is 5.91 Å². The highest BCUT2D eigenvalue weighted by Crippen LogP contribution is 2.15. The second-order valence-electron chi connectivity index (χ2n) is 5.73. The van der Waals surface area contributed by atoms with Gasteiger partial charge in [0.05, 0.1) is 0 Å². The number of amides is 1. The molecule has 0 spiro atoms. The lowest BCUT2D eigenvalue weighted by molar-refractivity contribution is 0.0729. The van der Waals surface area contributed by atoms with E-state index >= 15 is 0 Å². The quantitative estimate of drug-likeness (QED) is 0.819. The van der Waals surface area contributed by atoms with E-state index in [1.165, 1.54) is 0 Å². The molecule has 1 aromatic heterocycles. The van der Waals surface area contributed by atoms with E-state index in [0.29, 0.717) is 13.1 Å². The molecule has 1 aromatic rings. The first-order valence-electron chi connectivity index (χ1n) is 6.14. The summed E-state index contributed by atoms with van der Waals surface area (Å²) in [5.74, 6) is 0.989. The van der Waals surface area contributed by atoms with Crippen molar-refractivity contribution in [3.05, 3.63) is 11.6 Å². The van der Waals surface area contributed by atoms with Gasteiger partial charge in [-0.05, 0) is 12.0 Å². The smallest absolute Gasteiger partial charge is 0.293 e. The molecular weight excluding hydrogens is 230 g/mol.